The predicted molar refractivity (Wildman–Crippen MR) is 71.1 cm³/mol. The summed E-state index contributed by atoms with van der Waals surface area (Å²) in [5.41, 5.74) is 3.55. The molecule has 0 aliphatic carbocycles. The topological polar surface area (TPSA) is 41.6 Å². The Balaban J connectivity index is 1.92. The van der Waals surface area contributed by atoms with Gasteiger partial charge in [-0.1, -0.05) is 17.7 Å². The van der Waals surface area contributed by atoms with E-state index in [1.807, 2.05) is 0 Å². The summed E-state index contributed by atoms with van der Waals surface area (Å²) in [5, 5.41) is 2.78. The average molecular weight is 248 g/mol. The molecule has 0 atom stereocenters. The van der Waals surface area contributed by atoms with Crippen LogP contribution in [0.4, 0.5) is 4.79 Å². The van der Waals surface area contributed by atoms with Crippen LogP contribution in [0.15, 0.2) is 12.1 Å². The summed E-state index contributed by atoms with van der Waals surface area (Å²) in [6.07, 6.45) is 0. The Bertz CT molecular complexity index is 434. The third kappa shape index (κ3) is 2.75. The lowest BCUT2D eigenvalue weighted by Crippen LogP contribution is -2.32. The Morgan fingerprint density at radius 3 is 2.50 bits per heavy atom. The molecule has 18 heavy (non-hydrogen) atoms. The molecule has 4 heteroatoms. The monoisotopic (exact) mass is 248 g/mol. The second-order valence-electron chi connectivity index (χ2n) is 4.80. The minimum Gasteiger partial charge on any atom is -0.491 e. The first-order valence-electron chi connectivity index (χ1n) is 6.31. The zero-order valence-corrected chi connectivity index (χ0v) is 11.2. The predicted octanol–water partition coefficient (Wildman–Crippen LogP) is 2.02. The molecule has 1 fully saturated rings. The first-order valence-corrected chi connectivity index (χ1v) is 6.31. The molecule has 1 N–H and O–H groups in total. The summed E-state index contributed by atoms with van der Waals surface area (Å²) in [6.45, 7) is 8.88. The maximum Gasteiger partial charge on any atom is 0.317 e. The molecule has 0 radical (unpaired) electrons. The minimum absolute atomic E-state index is 0.0101. The maximum atomic E-state index is 11.4. The van der Waals surface area contributed by atoms with Crippen LogP contribution in [-0.4, -0.2) is 37.2 Å². The van der Waals surface area contributed by atoms with E-state index in [4.69, 9.17) is 4.74 Å². The summed E-state index contributed by atoms with van der Waals surface area (Å²) in [5.74, 6) is 0.945. The molecule has 1 saturated heterocycles. The normalized spacial score (nSPS) is 14.8. The molecule has 1 aromatic rings. The van der Waals surface area contributed by atoms with Gasteiger partial charge in [0.2, 0.25) is 0 Å². The molecule has 1 heterocycles. The Labute approximate surface area is 108 Å². The molecule has 0 aromatic heterocycles. The van der Waals surface area contributed by atoms with Gasteiger partial charge in [0.15, 0.2) is 0 Å². The van der Waals surface area contributed by atoms with E-state index in [1.54, 1.807) is 4.90 Å². The molecule has 0 bridgehead atoms. The van der Waals surface area contributed by atoms with Crippen LogP contribution in [0, 0.1) is 20.8 Å². The highest BCUT2D eigenvalue weighted by Crippen LogP contribution is 2.24. The molecule has 0 spiro atoms. The summed E-state index contributed by atoms with van der Waals surface area (Å²) in [7, 11) is 0. The summed E-state index contributed by atoms with van der Waals surface area (Å²) < 4.78 is 5.81. The van der Waals surface area contributed by atoms with Gasteiger partial charge in [0.25, 0.3) is 0 Å². The lowest BCUT2D eigenvalue weighted by Gasteiger charge is -2.17. The van der Waals surface area contributed by atoms with E-state index >= 15 is 0 Å². The number of carbonyl (C=O) groups excluding carboxylic acids is 1. The van der Waals surface area contributed by atoms with Crippen LogP contribution < -0.4 is 10.1 Å². The van der Waals surface area contributed by atoms with E-state index in [1.165, 1.54) is 5.56 Å². The van der Waals surface area contributed by atoms with Gasteiger partial charge in [0.05, 0.1) is 6.54 Å². The molecule has 1 aromatic carbocycles. The number of amides is 2. The smallest absolute Gasteiger partial charge is 0.317 e. The molecule has 1 aliphatic heterocycles. The van der Waals surface area contributed by atoms with E-state index in [2.05, 4.69) is 38.2 Å². The molecule has 98 valence electrons. The highest BCUT2D eigenvalue weighted by atomic mass is 16.5. The zero-order valence-electron chi connectivity index (χ0n) is 11.2. The van der Waals surface area contributed by atoms with Crippen LogP contribution >= 0.6 is 0 Å². The van der Waals surface area contributed by atoms with E-state index in [-0.39, 0.29) is 6.03 Å². The fraction of sp³-hybridized carbons (Fsp3) is 0.500. The average Bonchev–Trinajstić information content (AvgIpc) is 2.68. The molecular weight excluding hydrogens is 228 g/mol. The molecule has 2 rings (SSSR count). The Kier molecular flexibility index (Phi) is 3.75. The van der Waals surface area contributed by atoms with Gasteiger partial charge in [-0.05, 0) is 31.9 Å². The largest absolute Gasteiger partial charge is 0.491 e. The zero-order chi connectivity index (χ0) is 13.1. The number of carbonyl (C=O) groups is 1. The van der Waals surface area contributed by atoms with E-state index < -0.39 is 0 Å². The fourth-order valence-electron chi connectivity index (χ4n) is 2.38. The number of hydrogen-bond donors (Lipinski definition) is 1. The minimum atomic E-state index is 0.0101. The highest BCUT2D eigenvalue weighted by Gasteiger charge is 2.18. The van der Waals surface area contributed by atoms with Gasteiger partial charge in [-0.25, -0.2) is 4.79 Å². The third-order valence-corrected chi connectivity index (χ3v) is 3.16. The van der Waals surface area contributed by atoms with Crippen molar-refractivity contribution in [1.82, 2.24) is 10.2 Å². The van der Waals surface area contributed by atoms with Crippen molar-refractivity contribution in [1.29, 1.82) is 0 Å². The van der Waals surface area contributed by atoms with Crippen LogP contribution in [-0.2, 0) is 0 Å². The van der Waals surface area contributed by atoms with Gasteiger partial charge in [-0.2, -0.15) is 0 Å². The fourth-order valence-corrected chi connectivity index (χ4v) is 2.38. The molecular formula is C14H20N2O2. The number of hydrogen-bond acceptors (Lipinski definition) is 2. The van der Waals surface area contributed by atoms with E-state index in [0.717, 1.165) is 30.0 Å². The van der Waals surface area contributed by atoms with Crippen molar-refractivity contribution in [2.75, 3.05) is 26.2 Å². The van der Waals surface area contributed by atoms with Crippen molar-refractivity contribution in [3.05, 3.63) is 28.8 Å². The van der Waals surface area contributed by atoms with Crippen molar-refractivity contribution in [2.45, 2.75) is 20.8 Å². The molecule has 0 unspecified atom stereocenters. The van der Waals surface area contributed by atoms with Crippen LogP contribution in [0.2, 0.25) is 0 Å². The Morgan fingerprint density at radius 2 is 1.94 bits per heavy atom. The van der Waals surface area contributed by atoms with Gasteiger partial charge in [0, 0.05) is 13.1 Å². The number of nitrogens with zero attached hydrogens (tertiary/aromatic N) is 1. The van der Waals surface area contributed by atoms with Crippen molar-refractivity contribution in [3.8, 4) is 5.75 Å². The van der Waals surface area contributed by atoms with E-state index in [0.29, 0.717) is 13.2 Å². The van der Waals surface area contributed by atoms with Gasteiger partial charge < -0.3 is 15.0 Å². The first-order chi connectivity index (χ1) is 8.58. The molecule has 1 aliphatic rings. The van der Waals surface area contributed by atoms with Gasteiger partial charge in [0.1, 0.15) is 12.4 Å². The Hall–Kier alpha value is -1.71. The number of rotatable bonds is 4. The molecule has 4 nitrogen and oxygen atoms in total. The third-order valence-electron chi connectivity index (χ3n) is 3.16. The van der Waals surface area contributed by atoms with Crippen LogP contribution in [0.5, 0.6) is 5.75 Å². The number of ether oxygens (including phenoxy) is 1. The quantitative estimate of drug-likeness (QED) is 0.885. The number of aryl methyl sites for hydroxylation is 3. The van der Waals surface area contributed by atoms with Gasteiger partial charge >= 0.3 is 6.03 Å². The van der Waals surface area contributed by atoms with Crippen molar-refractivity contribution in [3.63, 3.8) is 0 Å². The standard InChI is InChI=1S/C14H20N2O2/c1-10-8-11(2)13(12(3)9-10)18-7-6-16-5-4-15-14(16)17/h8-9H,4-7H2,1-3H3,(H,15,17). The maximum absolute atomic E-state index is 11.4. The van der Waals surface area contributed by atoms with Crippen molar-refractivity contribution in [2.24, 2.45) is 0 Å². The SMILES string of the molecule is Cc1cc(C)c(OCCN2CCNC2=O)c(C)c1. The highest BCUT2D eigenvalue weighted by molar-refractivity contribution is 5.76. The summed E-state index contributed by atoms with van der Waals surface area (Å²) in [6, 6.07) is 4.24. The van der Waals surface area contributed by atoms with Crippen molar-refractivity contribution < 1.29 is 9.53 Å². The molecule has 2 amide bonds. The number of nitrogens with one attached hydrogen (secondary N) is 1. The number of benzene rings is 1. The molecule has 0 saturated carbocycles. The van der Waals surface area contributed by atoms with Crippen LogP contribution in [0.25, 0.3) is 0 Å². The lowest BCUT2D eigenvalue weighted by molar-refractivity contribution is 0.202. The summed E-state index contributed by atoms with van der Waals surface area (Å²) >= 11 is 0. The van der Waals surface area contributed by atoms with Crippen molar-refractivity contribution >= 4 is 6.03 Å². The van der Waals surface area contributed by atoms with Crippen LogP contribution in [0.3, 0.4) is 0 Å². The second-order valence-corrected chi connectivity index (χ2v) is 4.80. The second kappa shape index (κ2) is 5.29. The Morgan fingerprint density at radius 1 is 1.28 bits per heavy atom. The first kappa shape index (κ1) is 12.7. The van der Waals surface area contributed by atoms with E-state index in [9.17, 15) is 4.79 Å². The summed E-state index contributed by atoms with van der Waals surface area (Å²) in [4.78, 5) is 13.1. The van der Waals surface area contributed by atoms with Gasteiger partial charge in [-0.15, -0.1) is 0 Å². The van der Waals surface area contributed by atoms with Gasteiger partial charge in [-0.3, -0.25) is 0 Å². The lowest BCUT2D eigenvalue weighted by atomic mass is 10.1. The van der Waals surface area contributed by atoms with Crippen LogP contribution in [0.1, 0.15) is 16.7 Å². The number of urea groups is 1.